The van der Waals surface area contributed by atoms with Crippen LogP contribution in [0.5, 0.6) is 0 Å². The quantitative estimate of drug-likeness (QED) is 0.205. The molecule has 32 heavy (non-hydrogen) atoms. The van der Waals surface area contributed by atoms with Gasteiger partial charge in [-0.25, -0.2) is 9.65 Å². The molecule has 0 bridgehead atoms. The number of hydrogen-bond donors (Lipinski definition) is 1. The van der Waals surface area contributed by atoms with Crippen LogP contribution in [0.25, 0.3) is 0 Å². The van der Waals surface area contributed by atoms with E-state index in [9.17, 15) is 9.36 Å². The van der Waals surface area contributed by atoms with Gasteiger partial charge in [-0.1, -0.05) is 20.3 Å². The lowest BCUT2D eigenvalue weighted by Crippen LogP contribution is -2.40. The van der Waals surface area contributed by atoms with Crippen LogP contribution < -0.4 is 5.09 Å². The Kier molecular flexibility index (Phi) is 11.8. The lowest BCUT2D eigenvalue weighted by Gasteiger charge is -2.35. The summed E-state index contributed by atoms with van der Waals surface area (Å²) in [5, 5.41) is 2.90. The van der Waals surface area contributed by atoms with Crippen LogP contribution in [0.3, 0.4) is 0 Å². The van der Waals surface area contributed by atoms with Gasteiger partial charge in [0.05, 0.1) is 29.8 Å². The summed E-state index contributed by atoms with van der Waals surface area (Å²) in [7, 11) is -3.60. The predicted octanol–water partition coefficient (Wildman–Crippen LogP) is 4.78. The highest BCUT2D eigenvalue weighted by atomic mass is 31.2. The molecule has 0 saturated carbocycles. The van der Waals surface area contributed by atoms with E-state index >= 15 is 0 Å². The van der Waals surface area contributed by atoms with Gasteiger partial charge >= 0.3 is 13.7 Å². The van der Waals surface area contributed by atoms with E-state index in [1.54, 1.807) is 0 Å². The summed E-state index contributed by atoms with van der Waals surface area (Å²) in [4.78, 5) is 14.9. The fourth-order valence-electron chi connectivity index (χ4n) is 3.33. The zero-order valence-electron chi connectivity index (χ0n) is 21.6. The van der Waals surface area contributed by atoms with Crippen LogP contribution in [0.1, 0.15) is 81.1 Å². The van der Waals surface area contributed by atoms with Gasteiger partial charge < -0.3 is 9.47 Å². The third kappa shape index (κ3) is 11.1. The number of morpholine rings is 1. The van der Waals surface area contributed by atoms with Crippen molar-refractivity contribution in [3.05, 3.63) is 0 Å². The monoisotopic (exact) mass is 478 g/mol. The fraction of sp³-hybridized carbons (Fsp3) is 0.957. The third-order valence-electron chi connectivity index (χ3n) is 5.79. The maximum atomic E-state index is 13.5. The van der Waals surface area contributed by atoms with Crippen molar-refractivity contribution in [2.45, 2.75) is 92.3 Å². The lowest BCUT2D eigenvalue weighted by molar-refractivity contribution is -0.154. The van der Waals surface area contributed by atoms with E-state index in [0.717, 1.165) is 45.7 Å². The molecule has 1 aliphatic rings. The largest absolute Gasteiger partial charge is 0.464 e. The number of esters is 1. The molecule has 1 heterocycles. The second kappa shape index (κ2) is 12.8. The number of rotatable bonds is 15. The molecule has 0 amide bonds. The first kappa shape index (κ1) is 29.5. The van der Waals surface area contributed by atoms with Gasteiger partial charge in [0.1, 0.15) is 6.61 Å². The number of carbonyl (C=O) groups excluding carboxylic acids is 1. The maximum absolute atomic E-state index is 13.5. The van der Waals surface area contributed by atoms with Gasteiger partial charge in [-0.15, -0.1) is 0 Å². The number of hydrogen-bond acceptors (Lipinski definition) is 7. The Bertz CT molecular complexity index is 618. The van der Waals surface area contributed by atoms with Crippen LogP contribution in [-0.4, -0.2) is 68.1 Å². The molecule has 1 N–H and O–H groups in total. The highest BCUT2D eigenvalue weighted by Crippen LogP contribution is 2.52. The number of nitrogens with zero attached hydrogens (tertiary/aromatic N) is 1. The van der Waals surface area contributed by atoms with Gasteiger partial charge in [0.25, 0.3) is 0 Å². The summed E-state index contributed by atoms with van der Waals surface area (Å²) in [6, 6.07) is 0. The third-order valence-corrected chi connectivity index (χ3v) is 7.87. The van der Waals surface area contributed by atoms with Crippen molar-refractivity contribution in [2.24, 2.45) is 5.41 Å². The minimum atomic E-state index is -3.60. The molecule has 1 unspecified atom stereocenters. The molecule has 8 nitrogen and oxygen atoms in total. The predicted molar refractivity (Wildman–Crippen MR) is 128 cm³/mol. The van der Waals surface area contributed by atoms with Crippen LogP contribution in [0.4, 0.5) is 0 Å². The topological polar surface area (TPSA) is 86.3 Å². The van der Waals surface area contributed by atoms with Gasteiger partial charge in [-0.05, 0) is 67.3 Å². The van der Waals surface area contributed by atoms with Gasteiger partial charge in [-0.3, -0.25) is 18.7 Å². The molecule has 0 spiro atoms. The second-order valence-electron chi connectivity index (χ2n) is 10.4. The molecule has 190 valence electrons. The average molecular weight is 479 g/mol. The first-order chi connectivity index (χ1) is 14.7. The maximum Gasteiger partial charge on any atom is 0.406 e. The Balaban J connectivity index is 2.58. The summed E-state index contributed by atoms with van der Waals surface area (Å²) < 4.78 is 36.2. The van der Waals surface area contributed by atoms with E-state index in [4.69, 9.17) is 18.5 Å². The van der Waals surface area contributed by atoms with Gasteiger partial charge in [0.15, 0.2) is 0 Å². The van der Waals surface area contributed by atoms with E-state index in [2.05, 4.69) is 16.9 Å². The molecule has 0 aromatic carbocycles. The van der Waals surface area contributed by atoms with Gasteiger partial charge in [0, 0.05) is 19.6 Å². The molecule has 1 aliphatic heterocycles. The van der Waals surface area contributed by atoms with Gasteiger partial charge in [0.2, 0.25) is 0 Å². The lowest BCUT2D eigenvalue weighted by atomic mass is 9.89. The van der Waals surface area contributed by atoms with Crippen molar-refractivity contribution in [1.82, 2.24) is 9.99 Å². The minimum absolute atomic E-state index is 0.0945. The molecule has 0 aromatic rings. The molecular formula is C23H47N2O6P. The van der Waals surface area contributed by atoms with Crippen molar-refractivity contribution >= 4 is 13.7 Å². The summed E-state index contributed by atoms with van der Waals surface area (Å²) in [5.41, 5.74) is -1.80. The average Bonchev–Trinajstić information content (AvgIpc) is 2.69. The molecule has 1 rings (SSSR count). The Labute approximate surface area is 195 Å². The zero-order chi connectivity index (χ0) is 24.5. The summed E-state index contributed by atoms with van der Waals surface area (Å²) in [6.07, 6.45) is 3.05. The summed E-state index contributed by atoms with van der Waals surface area (Å²) in [5.74, 6) is -0.260. The number of nitrogens with one attached hydrogen (secondary N) is 1. The highest BCUT2D eigenvalue weighted by Gasteiger charge is 2.38. The summed E-state index contributed by atoms with van der Waals surface area (Å²) in [6.45, 7) is 19.8. The Morgan fingerprint density at radius 2 is 1.59 bits per heavy atom. The number of ether oxygens (including phenoxy) is 2. The molecule has 1 atom stereocenters. The Morgan fingerprint density at radius 1 is 1.00 bits per heavy atom. The molecule has 1 fully saturated rings. The van der Waals surface area contributed by atoms with Crippen molar-refractivity contribution in [3.63, 3.8) is 0 Å². The normalized spacial score (nSPS) is 18.4. The van der Waals surface area contributed by atoms with Crippen molar-refractivity contribution < 1.29 is 27.9 Å². The van der Waals surface area contributed by atoms with E-state index in [1.807, 2.05) is 48.5 Å². The van der Waals surface area contributed by atoms with Crippen LogP contribution in [0.15, 0.2) is 0 Å². The Morgan fingerprint density at radius 3 is 2.16 bits per heavy atom. The van der Waals surface area contributed by atoms with Crippen molar-refractivity contribution in [1.29, 1.82) is 0 Å². The molecule has 0 aromatic heterocycles. The molecule has 9 heteroatoms. The second-order valence-corrected chi connectivity index (χ2v) is 12.1. The van der Waals surface area contributed by atoms with Crippen LogP contribution in [0.2, 0.25) is 0 Å². The first-order valence-corrected chi connectivity index (χ1v) is 13.5. The molecule has 0 aliphatic carbocycles. The van der Waals surface area contributed by atoms with E-state index < -0.39 is 24.4 Å². The summed E-state index contributed by atoms with van der Waals surface area (Å²) >= 11 is 0. The smallest absolute Gasteiger partial charge is 0.406 e. The van der Waals surface area contributed by atoms with E-state index in [1.165, 1.54) is 0 Å². The van der Waals surface area contributed by atoms with Crippen LogP contribution >= 0.6 is 7.75 Å². The SMILES string of the molecule is CCCC(C)(C)OP(=O)(NCCOC(=O)C(C)(C)CCN1CCOCC1)OC(C)(C)CC. The van der Waals surface area contributed by atoms with Crippen molar-refractivity contribution in [2.75, 3.05) is 46.0 Å². The number of carbonyl (C=O) groups is 1. The van der Waals surface area contributed by atoms with Gasteiger partial charge in [-0.2, -0.15) is 0 Å². The van der Waals surface area contributed by atoms with E-state index in [-0.39, 0.29) is 19.1 Å². The Hall–Kier alpha value is -0.500. The fourth-order valence-corrected chi connectivity index (χ4v) is 5.39. The van der Waals surface area contributed by atoms with Crippen molar-refractivity contribution in [3.8, 4) is 0 Å². The van der Waals surface area contributed by atoms with Crippen LogP contribution in [0, 0.1) is 5.41 Å². The highest BCUT2D eigenvalue weighted by molar-refractivity contribution is 7.51. The molecule has 1 saturated heterocycles. The first-order valence-electron chi connectivity index (χ1n) is 12.0. The van der Waals surface area contributed by atoms with Crippen LogP contribution in [-0.2, 0) is 27.9 Å². The van der Waals surface area contributed by atoms with E-state index in [0.29, 0.717) is 12.8 Å². The standard InChI is InChI=1S/C23H47N2O6P/c1-9-11-23(7,8)31-32(27,30-22(5,6)10-2)24-13-17-29-20(26)21(3,4)12-14-25-15-18-28-19-16-25/h9-19H2,1-8H3,(H,24,27). The molecule has 0 radical (unpaired) electrons. The minimum Gasteiger partial charge on any atom is -0.464 e. The zero-order valence-corrected chi connectivity index (χ0v) is 22.5. The molecular weight excluding hydrogens is 431 g/mol.